The lowest BCUT2D eigenvalue weighted by Gasteiger charge is -2.09. The van der Waals surface area contributed by atoms with Crippen molar-refractivity contribution in [1.29, 1.82) is 0 Å². The third kappa shape index (κ3) is 3.80. The van der Waals surface area contributed by atoms with Crippen molar-refractivity contribution in [3.8, 4) is 5.69 Å². The quantitative estimate of drug-likeness (QED) is 0.505. The van der Waals surface area contributed by atoms with Crippen molar-refractivity contribution in [1.82, 2.24) is 14.5 Å². The zero-order valence-corrected chi connectivity index (χ0v) is 16.5. The fraction of sp³-hybridized carbons (Fsp3) is 0.211. The Morgan fingerprint density at radius 1 is 1.11 bits per heavy atom. The first-order valence-electron chi connectivity index (χ1n) is 8.56. The number of aromatic nitrogens is 2. The highest BCUT2D eigenvalue weighted by atomic mass is 32.2. The number of sulfonamides is 1. The van der Waals surface area contributed by atoms with Crippen LogP contribution >= 0.6 is 0 Å². The van der Waals surface area contributed by atoms with E-state index in [9.17, 15) is 18.5 Å². The smallest absolute Gasteiger partial charge is 0.258 e. The minimum absolute atomic E-state index is 0.0362. The van der Waals surface area contributed by atoms with Crippen LogP contribution in [0.3, 0.4) is 0 Å². The summed E-state index contributed by atoms with van der Waals surface area (Å²) in [6, 6.07) is 13.4. The van der Waals surface area contributed by atoms with E-state index in [4.69, 9.17) is 0 Å². The molecule has 9 heteroatoms. The average Bonchev–Trinajstić information content (AvgIpc) is 2.94. The molecular weight excluding hydrogens is 380 g/mol. The van der Waals surface area contributed by atoms with Gasteiger partial charge >= 0.3 is 0 Å². The first-order valence-corrected chi connectivity index (χ1v) is 10.0. The highest BCUT2D eigenvalue weighted by Gasteiger charge is 2.21. The van der Waals surface area contributed by atoms with Crippen LogP contribution in [0.1, 0.15) is 22.5 Å². The SMILES string of the molecule is Cc1ccc(S(=O)(=O)NCc2c(C)nn(-c3ccccc3)c2C)cc1[N+](=O)[O-]. The summed E-state index contributed by atoms with van der Waals surface area (Å²) in [6.07, 6.45) is 0. The Labute approximate surface area is 163 Å². The number of aryl methyl sites for hydroxylation is 2. The van der Waals surface area contributed by atoms with Gasteiger partial charge in [0.15, 0.2) is 0 Å². The van der Waals surface area contributed by atoms with Gasteiger partial charge in [0.05, 0.1) is 21.2 Å². The Bertz CT molecular complexity index is 1140. The van der Waals surface area contributed by atoms with Crippen molar-refractivity contribution in [2.24, 2.45) is 0 Å². The Morgan fingerprint density at radius 3 is 2.43 bits per heavy atom. The van der Waals surface area contributed by atoms with Crippen LogP contribution in [0.5, 0.6) is 0 Å². The molecule has 0 spiro atoms. The second kappa shape index (κ2) is 7.53. The molecule has 0 radical (unpaired) electrons. The van der Waals surface area contributed by atoms with E-state index < -0.39 is 14.9 Å². The van der Waals surface area contributed by atoms with Gasteiger partial charge in [-0.1, -0.05) is 24.3 Å². The van der Waals surface area contributed by atoms with E-state index in [1.807, 2.05) is 44.2 Å². The molecule has 1 aromatic heterocycles. The van der Waals surface area contributed by atoms with E-state index in [2.05, 4.69) is 9.82 Å². The second-order valence-corrected chi connectivity index (χ2v) is 8.19. The number of nitro benzene ring substituents is 1. The van der Waals surface area contributed by atoms with Crippen LogP contribution in [-0.4, -0.2) is 23.1 Å². The number of para-hydroxylation sites is 1. The van der Waals surface area contributed by atoms with Crippen LogP contribution in [0.25, 0.3) is 5.69 Å². The van der Waals surface area contributed by atoms with Crippen molar-refractivity contribution < 1.29 is 13.3 Å². The molecule has 28 heavy (non-hydrogen) atoms. The minimum Gasteiger partial charge on any atom is -0.258 e. The molecule has 0 atom stereocenters. The summed E-state index contributed by atoms with van der Waals surface area (Å²) < 4.78 is 29.5. The van der Waals surface area contributed by atoms with E-state index >= 15 is 0 Å². The molecule has 0 saturated carbocycles. The minimum atomic E-state index is -3.91. The number of rotatable bonds is 6. The maximum Gasteiger partial charge on any atom is 0.273 e. The Hall–Kier alpha value is -3.04. The first kappa shape index (κ1) is 19.7. The standard InChI is InChI=1S/C19H20N4O4S/c1-13-9-10-17(11-19(13)23(24)25)28(26,27)20-12-18-14(2)21-22(15(18)3)16-7-5-4-6-8-16/h4-11,20H,12H2,1-3H3. The molecule has 2 aromatic carbocycles. The van der Waals surface area contributed by atoms with E-state index in [-0.39, 0.29) is 17.1 Å². The first-order chi connectivity index (χ1) is 13.2. The summed E-state index contributed by atoms with van der Waals surface area (Å²) in [5.74, 6) is 0. The van der Waals surface area contributed by atoms with E-state index in [1.54, 1.807) is 11.6 Å². The lowest BCUT2D eigenvalue weighted by molar-refractivity contribution is -0.385. The normalized spacial score (nSPS) is 11.5. The molecule has 0 unspecified atom stereocenters. The molecule has 3 rings (SSSR count). The number of hydrogen-bond donors (Lipinski definition) is 1. The molecule has 0 fully saturated rings. The van der Waals surface area contributed by atoms with Gasteiger partial charge in [-0.05, 0) is 39.0 Å². The van der Waals surface area contributed by atoms with Gasteiger partial charge in [0.1, 0.15) is 0 Å². The molecule has 0 aliphatic heterocycles. The fourth-order valence-corrected chi connectivity index (χ4v) is 3.97. The van der Waals surface area contributed by atoms with Gasteiger partial charge in [-0.15, -0.1) is 0 Å². The number of nitro groups is 1. The molecule has 3 aromatic rings. The summed E-state index contributed by atoms with van der Waals surface area (Å²) >= 11 is 0. The molecule has 0 amide bonds. The van der Waals surface area contributed by atoms with E-state index in [1.165, 1.54) is 12.1 Å². The van der Waals surface area contributed by atoms with Crippen LogP contribution < -0.4 is 4.72 Å². The molecule has 0 aliphatic rings. The number of benzene rings is 2. The lowest BCUT2D eigenvalue weighted by atomic mass is 10.2. The zero-order valence-electron chi connectivity index (χ0n) is 15.7. The van der Waals surface area contributed by atoms with Crippen molar-refractivity contribution in [2.45, 2.75) is 32.2 Å². The van der Waals surface area contributed by atoms with Crippen molar-refractivity contribution in [2.75, 3.05) is 0 Å². The summed E-state index contributed by atoms with van der Waals surface area (Å²) in [5, 5.41) is 15.6. The van der Waals surface area contributed by atoms with Gasteiger partial charge in [0.2, 0.25) is 10.0 Å². The van der Waals surface area contributed by atoms with E-state index in [0.29, 0.717) is 11.3 Å². The number of nitrogens with zero attached hydrogens (tertiary/aromatic N) is 3. The fourth-order valence-electron chi connectivity index (χ4n) is 2.95. The summed E-state index contributed by atoms with van der Waals surface area (Å²) in [4.78, 5) is 10.4. The average molecular weight is 400 g/mol. The maximum atomic E-state index is 12.6. The molecular formula is C19H20N4O4S. The third-order valence-electron chi connectivity index (χ3n) is 4.57. The van der Waals surface area contributed by atoms with Crippen molar-refractivity contribution >= 4 is 15.7 Å². The lowest BCUT2D eigenvalue weighted by Crippen LogP contribution is -2.24. The van der Waals surface area contributed by atoms with Crippen LogP contribution in [0.4, 0.5) is 5.69 Å². The molecule has 146 valence electrons. The van der Waals surface area contributed by atoms with Gasteiger partial charge in [-0.3, -0.25) is 10.1 Å². The van der Waals surface area contributed by atoms with Crippen LogP contribution in [-0.2, 0) is 16.6 Å². The predicted octanol–water partition coefficient (Wildman–Crippen LogP) is 3.18. The predicted molar refractivity (Wildman–Crippen MR) is 105 cm³/mol. The second-order valence-electron chi connectivity index (χ2n) is 6.43. The number of hydrogen-bond acceptors (Lipinski definition) is 5. The van der Waals surface area contributed by atoms with Crippen LogP contribution in [0.15, 0.2) is 53.4 Å². The number of nitrogens with one attached hydrogen (secondary N) is 1. The Morgan fingerprint density at radius 2 is 1.79 bits per heavy atom. The van der Waals surface area contributed by atoms with Gasteiger partial charge in [0, 0.05) is 29.4 Å². The zero-order chi connectivity index (χ0) is 20.5. The topological polar surface area (TPSA) is 107 Å². The molecule has 8 nitrogen and oxygen atoms in total. The molecule has 0 aliphatic carbocycles. The van der Waals surface area contributed by atoms with Gasteiger partial charge in [-0.25, -0.2) is 17.8 Å². The van der Waals surface area contributed by atoms with Crippen LogP contribution in [0.2, 0.25) is 0 Å². The van der Waals surface area contributed by atoms with Gasteiger partial charge < -0.3 is 0 Å². The molecule has 1 N–H and O–H groups in total. The van der Waals surface area contributed by atoms with E-state index in [0.717, 1.165) is 23.0 Å². The van der Waals surface area contributed by atoms with Crippen molar-refractivity contribution in [3.05, 3.63) is 81.2 Å². The third-order valence-corrected chi connectivity index (χ3v) is 5.97. The van der Waals surface area contributed by atoms with Gasteiger partial charge in [0.25, 0.3) is 5.69 Å². The maximum absolute atomic E-state index is 12.6. The Kier molecular flexibility index (Phi) is 5.30. The largest absolute Gasteiger partial charge is 0.273 e. The monoisotopic (exact) mass is 400 g/mol. The van der Waals surface area contributed by atoms with Crippen LogP contribution in [0, 0.1) is 30.9 Å². The molecule has 0 saturated heterocycles. The Balaban J connectivity index is 1.87. The molecule has 1 heterocycles. The summed E-state index contributed by atoms with van der Waals surface area (Å²) in [6.45, 7) is 5.28. The highest BCUT2D eigenvalue weighted by molar-refractivity contribution is 7.89. The highest BCUT2D eigenvalue weighted by Crippen LogP contribution is 2.23. The summed E-state index contributed by atoms with van der Waals surface area (Å²) in [7, 11) is -3.91. The molecule has 0 bridgehead atoms. The van der Waals surface area contributed by atoms with Crippen molar-refractivity contribution in [3.63, 3.8) is 0 Å². The van der Waals surface area contributed by atoms with Gasteiger partial charge in [-0.2, -0.15) is 5.10 Å². The summed E-state index contributed by atoms with van der Waals surface area (Å²) in [5.41, 5.74) is 3.34.